The maximum atomic E-state index is 5.77. The zero-order valence-corrected chi connectivity index (χ0v) is 12.2. The van der Waals surface area contributed by atoms with Crippen molar-refractivity contribution in [1.29, 1.82) is 0 Å². The second kappa shape index (κ2) is 4.19. The van der Waals surface area contributed by atoms with Crippen molar-refractivity contribution in [3.8, 4) is 0 Å². The molecule has 1 saturated heterocycles. The van der Waals surface area contributed by atoms with Crippen molar-refractivity contribution in [3.05, 3.63) is 0 Å². The minimum Gasteiger partial charge on any atom is -0.366 e. The van der Waals surface area contributed by atoms with Gasteiger partial charge in [-0.1, -0.05) is 12.2 Å². The van der Waals surface area contributed by atoms with E-state index in [1.807, 2.05) is 0 Å². The van der Waals surface area contributed by atoms with Crippen LogP contribution in [-0.2, 0) is 0 Å². The Bertz CT molecular complexity index is 321. The van der Waals surface area contributed by atoms with Crippen LogP contribution in [0.2, 0.25) is 0 Å². The molecule has 0 atom stereocenters. The fourth-order valence-electron chi connectivity index (χ4n) is 5.91. The summed E-state index contributed by atoms with van der Waals surface area (Å²) in [4.78, 5) is 3.82. The van der Waals surface area contributed by atoms with Crippen LogP contribution in [0.25, 0.3) is 0 Å². The van der Waals surface area contributed by atoms with Crippen LogP contribution in [-0.4, -0.2) is 23.0 Å². The molecule has 0 aromatic rings. The SMILES string of the molecule is S=C(CC12CC3CC(CC(C3)C1)C2)N1CCCC1. The molecule has 0 aromatic heterocycles. The highest BCUT2D eigenvalue weighted by atomic mass is 32.1. The summed E-state index contributed by atoms with van der Waals surface area (Å²) < 4.78 is 0. The summed E-state index contributed by atoms with van der Waals surface area (Å²) in [7, 11) is 0. The third kappa shape index (κ3) is 1.92. The Morgan fingerprint density at radius 2 is 1.44 bits per heavy atom. The summed E-state index contributed by atoms with van der Waals surface area (Å²) >= 11 is 5.77. The standard InChI is InChI=1S/C16H25NS/c18-15(17-3-1-2-4-17)11-16-8-12-5-13(9-16)7-14(6-12)10-16/h12-14H,1-11H2. The predicted octanol–water partition coefficient (Wildman–Crippen LogP) is 4.02. The van der Waals surface area contributed by atoms with Gasteiger partial charge in [-0.25, -0.2) is 0 Å². The molecule has 1 heterocycles. The third-order valence-corrected chi connectivity index (χ3v) is 6.55. The molecule has 2 heteroatoms. The maximum absolute atomic E-state index is 5.77. The van der Waals surface area contributed by atoms with E-state index in [1.165, 1.54) is 56.6 Å². The Hall–Kier alpha value is -0.110. The van der Waals surface area contributed by atoms with E-state index < -0.39 is 0 Å². The zero-order chi connectivity index (χ0) is 12.2. The van der Waals surface area contributed by atoms with Gasteiger partial charge in [-0.2, -0.15) is 0 Å². The Morgan fingerprint density at radius 3 is 1.94 bits per heavy atom. The molecule has 0 aromatic carbocycles. The van der Waals surface area contributed by atoms with Crippen molar-refractivity contribution >= 4 is 17.2 Å². The molecule has 100 valence electrons. The van der Waals surface area contributed by atoms with Crippen molar-refractivity contribution in [2.75, 3.05) is 13.1 Å². The van der Waals surface area contributed by atoms with Crippen LogP contribution in [0.4, 0.5) is 0 Å². The van der Waals surface area contributed by atoms with Gasteiger partial charge in [0.25, 0.3) is 0 Å². The van der Waals surface area contributed by atoms with Crippen molar-refractivity contribution in [2.24, 2.45) is 23.2 Å². The second-order valence-corrected chi connectivity index (χ2v) is 8.15. The first kappa shape index (κ1) is 11.7. The second-order valence-electron chi connectivity index (χ2n) is 7.68. The molecule has 0 amide bonds. The highest BCUT2D eigenvalue weighted by molar-refractivity contribution is 7.80. The lowest BCUT2D eigenvalue weighted by molar-refractivity contribution is -0.0489. The lowest BCUT2D eigenvalue weighted by Gasteiger charge is -2.57. The van der Waals surface area contributed by atoms with Crippen LogP contribution < -0.4 is 0 Å². The smallest absolute Gasteiger partial charge is 0.0784 e. The highest BCUT2D eigenvalue weighted by Gasteiger charge is 2.51. The predicted molar refractivity (Wildman–Crippen MR) is 78.6 cm³/mol. The van der Waals surface area contributed by atoms with Crippen LogP contribution in [0.3, 0.4) is 0 Å². The molecule has 1 aliphatic heterocycles. The van der Waals surface area contributed by atoms with E-state index in [9.17, 15) is 0 Å². The summed E-state index contributed by atoms with van der Waals surface area (Å²) in [6.07, 6.45) is 13.2. The van der Waals surface area contributed by atoms with Gasteiger partial charge in [-0.15, -0.1) is 0 Å². The van der Waals surface area contributed by atoms with Gasteiger partial charge in [0.05, 0.1) is 4.99 Å². The molecule has 5 aliphatic rings. The first-order valence-corrected chi connectivity index (χ1v) is 8.41. The van der Waals surface area contributed by atoms with Gasteiger partial charge in [0.15, 0.2) is 0 Å². The van der Waals surface area contributed by atoms with Crippen LogP contribution >= 0.6 is 12.2 Å². The topological polar surface area (TPSA) is 3.24 Å². The Kier molecular flexibility index (Phi) is 2.72. The molecule has 4 saturated carbocycles. The third-order valence-electron chi connectivity index (χ3n) is 6.15. The molecule has 5 fully saturated rings. The maximum Gasteiger partial charge on any atom is 0.0784 e. The van der Waals surface area contributed by atoms with Gasteiger partial charge in [-0.3, -0.25) is 0 Å². The Morgan fingerprint density at radius 1 is 0.944 bits per heavy atom. The normalized spacial score (nSPS) is 45.8. The minimum atomic E-state index is 0.647. The van der Waals surface area contributed by atoms with E-state index in [0.717, 1.165) is 17.8 Å². The minimum absolute atomic E-state index is 0.647. The van der Waals surface area contributed by atoms with Crippen molar-refractivity contribution < 1.29 is 0 Å². The van der Waals surface area contributed by atoms with E-state index in [0.29, 0.717) is 5.41 Å². The van der Waals surface area contributed by atoms with Crippen LogP contribution in [0.15, 0.2) is 0 Å². The molecule has 4 bridgehead atoms. The fourth-order valence-corrected chi connectivity index (χ4v) is 6.39. The summed E-state index contributed by atoms with van der Waals surface area (Å²) in [5.41, 5.74) is 0.647. The quantitative estimate of drug-likeness (QED) is 0.692. The van der Waals surface area contributed by atoms with Crippen molar-refractivity contribution in [2.45, 2.75) is 57.8 Å². The zero-order valence-electron chi connectivity index (χ0n) is 11.4. The highest BCUT2D eigenvalue weighted by Crippen LogP contribution is 2.61. The molecule has 0 N–H and O–H groups in total. The molecule has 0 spiro atoms. The van der Waals surface area contributed by atoms with E-state index in [1.54, 1.807) is 19.3 Å². The molecule has 5 rings (SSSR count). The first-order chi connectivity index (χ1) is 8.72. The molecular formula is C16H25NS. The van der Waals surface area contributed by atoms with Gasteiger partial charge >= 0.3 is 0 Å². The first-order valence-electron chi connectivity index (χ1n) is 8.00. The Labute approximate surface area is 116 Å². The molecule has 18 heavy (non-hydrogen) atoms. The monoisotopic (exact) mass is 263 g/mol. The summed E-state index contributed by atoms with van der Waals surface area (Å²) in [5, 5.41) is 0. The summed E-state index contributed by atoms with van der Waals surface area (Å²) in [5.74, 6) is 3.20. The van der Waals surface area contributed by atoms with Gasteiger partial charge in [0, 0.05) is 19.5 Å². The fraction of sp³-hybridized carbons (Fsp3) is 0.938. The summed E-state index contributed by atoms with van der Waals surface area (Å²) in [6.45, 7) is 2.48. The largest absolute Gasteiger partial charge is 0.366 e. The number of nitrogens with zero attached hydrogens (tertiary/aromatic N) is 1. The van der Waals surface area contributed by atoms with Crippen LogP contribution in [0, 0.1) is 23.2 Å². The van der Waals surface area contributed by atoms with E-state index >= 15 is 0 Å². The lowest BCUT2D eigenvalue weighted by atomic mass is 9.49. The average molecular weight is 263 g/mol. The van der Waals surface area contributed by atoms with E-state index in [4.69, 9.17) is 12.2 Å². The van der Waals surface area contributed by atoms with Gasteiger partial charge in [-0.05, 0) is 74.5 Å². The Balaban J connectivity index is 1.48. The van der Waals surface area contributed by atoms with Crippen molar-refractivity contribution in [3.63, 3.8) is 0 Å². The molecule has 0 radical (unpaired) electrons. The number of rotatable bonds is 2. The molecule has 1 nitrogen and oxygen atoms in total. The number of thiocarbonyl (C=S) groups is 1. The van der Waals surface area contributed by atoms with Gasteiger partial charge in [0.1, 0.15) is 0 Å². The van der Waals surface area contributed by atoms with Crippen LogP contribution in [0.5, 0.6) is 0 Å². The van der Waals surface area contributed by atoms with E-state index in [2.05, 4.69) is 4.90 Å². The van der Waals surface area contributed by atoms with Crippen molar-refractivity contribution in [1.82, 2.24) is 4.90 Å². The number of likely N-dealkylation sites (tertiary alicyclic amines) is 1. The van der Waals surface area contributed by atoms with Gasteiger partial charge in [0.2, 0.25) is 0 Å². The number of hydrogen-bond donors (Lipinski definition) is 0. The molecule has 0 unspecified atom stereocenters. The molecule has 4 aliphatic carbocycles. The summed E-state index contributed by atoms with van der Waals surface area (Å²) in [6, 6.07) is 0. The van der Waals surface area contributed by atoms with Gasteiger partial charge < -0.3 is 4.90 Å². The number of hydrogen-bond acceptors (Lipinski definition) is 1. The lowest BCUT2D eigenvalue weighted by Crippen LogP contribution is -2.48. The van der Waals surface area contributed by atoms with Crippen LogP contribution in [0.1, 0.15) is 57.8 Å². The molecular weight excluding hydrogens is 238 g/mol. The van der Waals surface area contributed by atoms with E-state index in [-0.39, 0.29) is 0 Å². The average Bonchev–Trinajstić information content (AvgIpc) is 2.79.